The molecule has 1 aromatic heterocycles. The minimum absolute atomic E-state index is 0.107. The molecule has 2 aliphatic rings. The van der Waals surface area contributed by atoms with Gasteiger partial charge in [0.25, 0.3) is 12.4 Å². The summed E-state index contributed by atoms with van der Waals surface area (Å²) in [6.07, 6.45) is 7.09. The van der Waals surface area contributed by atoms with E-state index in [-0.39, 0.29) is 12.4 Å². The smallest absolute Gasteiger partial charge is 0.290 e. The average Bonchev–Trinajstić information content (AvgIpc) is 3.30. The van der Waals surface area contributed by atoms with Crippen molar-refractivity contribution in [2.24, 2.45) is 7.05 Å². The molecule has 2 aliphatic heterocycles. The summed E-state index contributed by atoms with van der Waals surface area (Å²) in [5.41, 5.74) is 3.02. The Morgan fingerprint density at radius 1 is 1.00 bits per heavy atom. The maximum absolute atomic E-state index is 13.3. The van der Waals surface area contributed by atoms with Crippen LogP contribution >= 0.6 is 15.9 Å². The summed E-state index contributed by atoms with van der Waals surface area (Å²) in [7, 11) is 1.99. The van der Waals surface area contributed by atoms with E-state index in [2.05, 4.69) is 56.1 Å². The van der Waals surface area contributed by atoms with E-state index < -0.39 is 0 Å². The van der Waals surface area contributed by atoms with E-state index in [0.717, 1.165) is 59.4 Å². The molecule has 1 amide bonds. The van der Waals surface area contributed by atoms with E-state index >= 15 is 0 Å². The molecular formula is C29H37BrN4O4. The minimum atomic E-state index is -0.250. The molecule has 0 unspecified atom stereocenters. The number of ether oxygens (including phenoxy) is 1. The predicted octanol–water partition coefficient (Wildman–Crippen LogP) is 4.86. The summed E-state index contributed by atoms with van der Waals surface area (Å²) in [4.78, 5) is 28.6. The van der Waals surface area contributed by atoms with E-state index in [1.807, 2.05) is 34.8 Å². The van der Waals surface area contributed by atoms with Crippen LogP contribution in [0.25, 0.3) is 10.9 Å². The van der Waals surface area contributed by atoms with Crippen molar-refractivity contribution in [3.05, 3.63) is 58.7 Å². The number of fused-ring (bicyclic) bond motifs is 1. The summed E-state index contributed by atoms with van der Waals surface area (Å²) in [6.45, 7) is 7.22. The number of aromatic nitrogens is 1. The number of piperidine rings is 1. The summed E-state index contributed by atoms with van der Waals surface area (Å²) >= 11 is 3.63. The maximum atomic E-state index is 13.3. The monoisotopic (exact) mass is 584 g/mol. The van der Waals surface area contributed by atoms with Crippen LogP contribution in [0.1, 0.15) is 36.0 Å². The first-order chi connectivity index (χ1) is 18.5. The lowest BCUT2D eigenvalue weighted by Gasteiger charge is -2.36. The number of hydrogen-bond donors (Lipinski definition) is 1. The van der Waals surface area contributed by atoms with Gasteiger partial charge >= 0.3 is 0 Å². The fourth-order valence-corrected chi connectivity index (χ4v) is 5.88. The lowest BCUT2D eigenvalue weighted by molar-refractivity contribution is -0.122. The Morgan fingerprint density at radius 2 is 1.68 bits per heavy atom. The predicted molar refractivity (Wildman–Crippen MR) is 154 cm³/mol. The number of amides is 1. The van der Waals surface area contributed by atoms with Crippen molar-refractivity contribution in [2.45, 2.75) is 25.7 Å². The second-order valence-electron chi connectivity index (χ2n) is 9.77. The molecule has 2 aromatic carbocycles. The summed E-state index contributed by atoms with van der Waals surface area (Å²) in [6, 6.07) is 14.5. The Hall–Kier alpha value is -3.04. The molecule has 0 atom stereocenters. The fraction of sp³-hybridized carbons (Fsp3) is 0.448. The van der Waals surface area contributed by atoms with Gasteiger partial charge in [-0.05, 0) is 68.8 Å². The average molecular weight is 586 g/mol. The first-order valence-corrected chi connectivity index (χ1v) is 14.1. The van der Waals surface area contributed by atoms with Gasteiger partial charge in [0.15, 0.2) is 0 Å². The van der Waals surface area contributed by atoms with E-state index in [1.54, 1.807) is 0 Å². The second-order valence-corrected chi connectivity index (χ2v) is 10.6. The molecule has 5 rings (SSSR count). The largest absolute Gasteiger partial charge is 0.494 e. The quantitative estimate of drug-likeness (QED) is 0.316. The highest BCUT2D eigenvalue weighted by atomic mass is 79.9. The number of anilines is 1. The molecule has 2 fully saturated rings. The standard InChI is InChI=1S/C28H35BrN4O2.CH2O2/c1-30-21-24(27-25(29)7-5-8-26(27)30)28(34)33-18-16-32(17-19-33)22-9-11-23(12-10-22)35-20-6-15-31-13-3-2-4-14-31;2-1-3/h5,7-12,21H,2-4,6,13-20H2,1H3;1H,(H,2,3). The Balaban J connectivity index is 0.00000107. The molecule has 0 aliphatic carbocycles. The van der Waals surface area contributed by atoms with Crippen molar-refractivity contribution in [1.82, 2.24) is 14.4 Å². The van der Waals surface area contributed by atoms with Gasteiger partial charge in [-0.1, -0.05) is 28.4 Å². The number of aryl methyl sites for hydroxylation is 1. The normalized spacial score (nSPS) is 16.2. The molecule has 0 bridgehead atoms. The summed E-state index contributed by atoms with van der Waals surface area (Å²) < 4.78 is 8.97. The summed E-state index contributed by atoms with van der Waals surface area (Å²) in [5, 5.41) is 7.88. The van der Waals surface area contributed by atoms with Gasteiger partial charge < -0.3 is 29.1 Å². The van der Waals surface area contributed by atoms with Crippen molar-refractivity contribution >= 4 is 44.9 Å². The first kappa shape index (κ1) is 28.0. The number of carboxylic acid groups (broad SMARTS) is 1. The number of rotatable bonds is 7. The van der Waals surface area contributed by atoms with Gasteiger partial charge in [-0.25, -0.2) is 0 Å². The molecule has 9 heteroatoms. The molecule has 3 heterocycles. The molecule has 0 radical (unpaired) electrons. The highest BCUT2D eigenvalue weighted by Gasteiger charge is 2.25. The highest BCUT2D eigenvalue weighted by molar-refractivity contribution is 9.10. The van der Waals surface area contributed by atoms with Gasteiger partial charge in [0.2, 0.25) is 0 Å². The Labute approximate surface area is 232 Å². The van der Waals surface area contributed by atoms with Crippen LogP contribution < -0.4 is 9.64 Å². The first-order valence-electron chi connectivity index (χ1n) is 13.3. The van der Waals surface area contributed by atoms with Crippen LogP contribution in [0.4, 0.5) is 5.69 Å². The second kappa shape index (κ2) is 13.7. The number of nitrogens with zero attached hydrogens (tertiary/aromatic N) is 4. The number of likely N-dealkylation sites (tertiary alicyclic amines) is 1. The van der Waals surface area contributed by atoms with E-state index in [1.165, 1.54) is 38.0 Å². The van der Waals surface area contributed by atoms with Gasteiger partial charge in [-0.3, -0.25) is 9.59 Å². The minimum Gasteiger partial charge on any atom is -0.494 e. The fourth-order valence-electron chi connectivity index (χ4n) is 5.32. The SMILES string of the molecule is Cn1cc(C(=O)N2CCN(c3ccc(OCCCN4CCCCC4)cc3)CC2)c2c(Br)cccc21.O=CO. The van der Waals surface area contributed by atoms with Crippen molar-refractivity contribution in [2.75, 3.05) is 57.3 Å². The molecular weight excluding hydrogens is 548 g/mol. The van der Waals surface area contributed by atoms with Crippen molar-refractivity contribution < 1.29 is 19.4 Å². The number of piperazine rings is 1. The van der Waals surface area contributed by atoms with Gasteiger partial charge in [0.1, 0.15) is 5.75 Å². The lowest BCUT2D eigenvalue weighted by Crippen LogP contribution is -2.48. The third-order valence-corrected chi connectivity index (χ3v) is 7.96. The van der Waals surface area contributed by atoms with E-state index in [0.29, 0.717) is 13.1 Å². The molecule has 0 spiro atoms. The van der Waals surface area contributed by atoms with E-state index in [9.17, 15) is 4.79 Å². The van der Waals surface area contributed by atoms with Crippen molar-refractivity contribution in [3.63, 3.8) is 0 Å². The zero-order valence-corrected chi connectivity index (χ0v) is 23.6. The molecule has 0 saturated carbocycles. The Kier molecular flexibility index (Phi) is 10.1. The van der Waals surface area contributed by atoms with Crippen molar-refractivity contribution in [3.8, 4) is 5.75 Å². The highest BCUT2D eigenvalue weighted by Crippen LogP contribution is 2.30. The van der Waals surface area contributed by atoms with Crippen molar-refractivity contribution in [1.29, 1.82) is 0 Å². The zero-order valence-electron chi connectivity index (χ0n) is 22.0. The molecule has 2 saturated heterocycles. The number of carbonyl (C=O) groups is 2. The van der Waals surface area contributed by atoms with E-state index in [4.69, 9.17) is 14.6 Å². The van der Waals surface area contributed by atoms with Crippen LogP contribution in [0.15, 0.2) is 53.1 Å². The molecule has 1 N–H and O–H groups in total. The third kappa shape index (κ3) is 6.88. The maximum Gasteiger partial charge on any atom is 0.290 e. The molecule has 204 valence electrons. The van der Waals surface area contributed by atoms with Gasteiger partial charge in [0.05, 0.1) is 12.2 Å². The topological polar surface area (TPSA) is 78.3 Å². The van der Waals surface area contributed by atoms with Crippen LogP contribution in [-0.2, 0) is 11.8 Å². The third-order valence-electron chi connectivity index (χ3n) is 7.30. The van der Waals surface area contributed by atoms with Crippen LogP contribution in [0.3, 0.4) is 0 Å². The number of benzene rings is 2. The molecule has 3 aromatic rings. The lowest BCUT2D eigenvalue weighted by atomic mass is 10.1. The Bertz CT molecular complexity index is 1200. The number of carbonyl (C=O) groups excluding carboxylic acids is 1. The molecule has 38 heavy (non-hydrogen) atoms. The van der Waals surface area contributed by atoms with Gasteiger partial charge in [-0.15, -0.1) is 0 Å². The van der Waals surface area contributed by atoms with Gasteiger partial charge in [0, 0.05) is 67.0 Å². The van der Waals surface area contributed by atoms with Crippen LogP contribution in [0.2, 0.25) is 0 Å². The zero-order chi connectivity index (χ0) is 26.9. The summed E-state index contributed by atoms with van der Waals surface area (Å²) in [5.74, 6) is 1.04. The number of hydrogen-bond acceptors (Lipinski definition) is 5. The molecule has 8 nitrogen and oxygen atoms in total. The Morgan fingerprint density at radius 3 is 2.37 bits per heavy atom. The van der Waals surface area contributed by atoms with Crippen LogP contribution in [0, 0.1) is 0 Å². The van der Waals surface area contributed by atoms with Crippen LogP contribution in [-0.4, -0.2) is 84.3 Å². The van der Waals surface area contributed by atoms with Gasteiger partial charge in [-0.2, -0.15) is 0 Å². The van der Waals surface area contributed by atoms with Crippen LogP contribution in [0.5, 0.6) is 5.75 Å². The number of halogens is 1.